The van der Waals surface area contributed by atoms with E-state index in [4.69, 9.17) is 4.74 Å². The number of hydrogen-bond donors (Lipinski definition) is 0. The van der Waals surface area contributed by atoms with Crippen molar-refractivity contribution in [3.8, 4) is 11.8 Å². The van der Waals surface area contributed by atoms with E-state index in [-0.39, 0.29) is 25.5 Å². The topological polar surface area (TPSA) is 46.6 Å². The molecule has 0 unspecified atom stereocenters. The van der Waals surface area contributed by atoms with E-state index in [1.54, 1.807) is 19.1 Å². The number of unbranched alkanes of at least 4 members (excludes halogenated alkanes) is 8. The summed E-state index contributed by atoms with van der Waals surface area (Å²) in [7, 11) is 0. The van der Waals surface area contributed by atoms with E-state index in [0.717, 1.165) is 29.5 Å². The average Bonchev–Trinajstić information content (AvgIpc) is 2.86. The van der Waals surface area contributed by atoms with E-state index in [1.807, 2.05) is 24.3 Å². The molecule has 0 aliphatic carbocycles. The molecule has 188 valence electrons. The first-order valence-corrected chi connectivity index (χ1v) is 12.8. The van der Waals surface area contributed by atoms with Crippen molar-refractivity contribution in [2.75, 3.05) is 6.61 Å². The Morgan fingerprint density at radius 2 is 1.34 bits per heavy atom. The molecule has 0 atom stereocenters. The summed E-state index contributed by atoms with van der Waals surface area (Å²) in [6.45, 7) is 4.44. The molecule has 0 aliphatic rings. The van der Waals surface area contributed by atoms with Gasteiger partial charge in [-0.1, -0.05) is 88.0 Å². The minimum atomic E-state index is -0.891. The molecule has 0 spiro atoms. The predicted octanol–water partition coefficient (Wildman–Crippen LogP) is 6.80. The van der Waals surface area contributed by atoms with Gasteiger partial charge in [-0.25, -0.2) is 9.18 Å². The lowest BCUT2D eigenvalue weighted by atomic mass is 10.1. The van der Waals surface area contributed by atoms with Gasteiger partial charge in [-0.3, -0.25) is 4.79 Å². The number of halogens is 1. The van der Waals surface area contributed by atoms with Crippen LogP contribution in [0.15, 0.2) is 48.5 Å². The fourth-order valence-corrected chi connectivity index (χ4v) is 3.76. The lowest BCUT2D eigenvalue weighted by Gasteiger charge is -2.22. The highest BCUT2D eigenvalue weighted by Crippen LogP contribution is 2.14. The highest BCUT2D eigenvalue weighted by molar-refractivity contribution is 6.32. The fourth-order valence-electron chi connectivity index (χ4n) is 3.76. The van der Waals surface area contributed by atoms with Gasteiger partial charge in [-0.05, 0) is 48.7 Å². The SMILES string of the molecule is CCCCCCCCCCC#Cc1ccc(CN(Cc2ccc(F)cc2)C(=O)C(=O)OCC)cc1. The highest BCUT2D eigenvalue weighted by atomic mass is 19.1. The van der Waals surface area contributed by atoms with Gasteiger partial charge in [0.05, 0.1) is 6.61 Å². The molecule has 2 rings (SSSR count). The lowest BCUT2D eigenvalue weighted by Crippen LogP contribution is -2.36. The zero-order valence-electron chi connectivity index (χ0n) is 21.2. The second kappa shape index (κ2) is 16.5. The monoisotopic (exact) mass is 479 g/mol. The molecular weight excluding hydrogens is 441 g/mol. The van der Waals surface area contributed by atoms with Gasteiger partial charge in [0.15, 0.2) is 0 Å². The molecule has 0 heterocycles. The molecule has 35 heavy (non-hydrogen) atoms. The normalized spacial score (nSPS) is 10.4. The number of hydrogen-bond acceptors (Lipinski definition) is 3. The van der Waals surface area contributed by atoms with Crippen molar-refractivity contribution in [3.63, 3.8) is 0 Å². The zero-order valence-corrected chi connectivity index (χ0v) is 21.2. The van der Waals surface area contributed by atoms with Crippen molar-refractivity contribution >= 4 is 11.9 Å². The van der Waals surface area contributed by atoms with Gasteiger partial charge in [-0.15, -0.1) is 0 Å². The van der Waals surface area contributed by atoms with Crippen molar-refractivity contribution in [1.82, 2.24) is 4.90 Å². The molecule has 2 aromatic carbocycles. The maximum Gasteiger partial charge on any atom is 0.397 e. The Morgan fingerprint density at radius 3 is 1.91 bits per heavy atom. The minimum absolute atomic E-state index is 0.126. The molecule has 1 amide bonds. The van der Waals surface area contributed by atoms with Gasteiger partial charge in [0.1, 0.15) is 5.82 Å². The first-order chi connectivity index (χ1) is 17.0. The lowest BCUT2D eigenvalue weighted by molar-refractivity contribution is -0.160. The van der Waals surface area contributed by atoms with Crippen molar-refractivity contribution in [2.45, 2.75) is 84.7 Å². The number of carbonyl (C=O) groups excluding carboxylic acids is 2. The Labute approximate surface area is 209 Å². The van der Waals surface area contributed by atoms with Crippen molar-refractivity contribution in [1.29, 1.82) is 0 Å². The number of ether oxygens (including phenoxy) is 1. The van der Waals surface area contributed by atoms with E-state index < -0.39 is 11.9 Å². The second-order valence-corrected chi connectivity index (χ2v) is 8.73. The Kier molecular flexibility index (Phi) is 13.2. The summed E-state index contributed by atoms with van der Waals surface area (Å²) in [5.74, 6) is 4.50. The van der Waals surface area contributed by atoms with E-state index in [1.165, 1.54) is 62.0 Å². The third-order valence-corrected chi connectivity index (χ3v) is 5.74. The first kappa shape index (κ1) is 28.1. The molecule has 0 saturated carbocycles. The summed E-state index contributed by atoms with van der Waals surface area (Å²) in [5.41, 5.74) is 2.53. The number of carbonyl (C=O) groups is 2. The summed E-state index contributed by atoms with van der Waals surface area (Å²) in [6.07, 6.45) is 11.2. The number of rotatable bonds is 13. The van der Waals surface area contributed by atoms with Gasteiger partial charge in [0.2, 0.25) is 0 Å². The molecule has 0 radical (unpaired) electrons. The summed E-state index contributed by atoms with van der Waals surface area (Å²) in [4.78, 5) is 26.1. The molecular formula is C30H38FNO3. The molecule has 0 N–H and O–H groups in total. The Hall–Kier alpha value is -3.13. The van der Waals surface area contributed by atoms with Crippen LogP contribution in [0.3, 0.4) is 0 Å². The van der Waals surface area contributed by atoms with Gasteiger partial charge in [0, 0.05) is 25.1 Å². The van der Waals surface area contributed by atoms with Crippen LogP contribution in [0.5, 0.6) is 0 Å². The van der Waals surface area contributed by atoms with Crippen LogP contribution in [0.25, 0.3) is 0 Å². The van der Waals surface area contributed by atoms with Gasteiger partial charge in [-0.2, -0.15) is 0 Å². The van der Waals surface area contributed by atoms with Crippen molar-refractivity contribution in [3.05, 3.63) is 71.0 Å². The third-order valence-electron chi connectivity index (χ3n) is 5.74. The molecule has 5 heteroatoms. The summed E-state index contributed by atoms with van der Waals surface area (Å²) >= 11 is 0. The highest BCUT2D eigenvalue weighted by Gasteiger charge is 2.23. The van der Waals surface area contributed by atoms with Crippen molar-refractivity contribution < 1.29 is 18.7 Å². The minimum Gasteiger partial charge on any atom is -0.459 e. The largest absolute Gasteiger partial charge is 0.459 e. The van der Waals surface area contributed by atoms with Crippen LogP contribution in [0.1, 0.15) is 88.3 Å². The van der Waals surface area contributed by atoms with Crippen LogP contribution in [0, 0.1) is 17.7 Å². The number of nitrogens with zero attached hydrogens (tertiary/aromatic N) is 1. The second-order valence-electron chi connectivity index (χ2n) is 8.73. The van der Waals surface area contributed by atoms with Gasteiger partial charge >= 0.3 is 11.9 Å². The van der Waals surface area contributed by atoms with E-state index in [2.05, 4.69) is 18.8 Å². The maximum atomic E-state index is 13.2. The quantitative estimate of drug-likeness (QED) is 0.137. The Bertz CT molecular complexity index is 958. The van der Waals surface area contributed by atoms with Gasteiger partial charge < -0.3 is 9.64 Å². The molecule has 0 fully saturated rings. The Morgan fingerprint density at radius 1 is 0.800 bits per heavy atom. The third kappa shape index (κ3) is 11.2. The number of amides is 1. The molecule has 0 aliphatic heterocycles. The number of esters is 1. The van der Waals surface area contributed by atoms with Crippen LogP contribution < -0.4 is 0 Å². The maximum absolute atomic E-state index is 13.2. The van der Waals surface area contributed by atoms with Crippen LogP contribution >= 0.6 is 0 Å². The molecule has 0 bridgehead atoms. The molecule has 0 aromatic heterocycles. The van der Waals surface area contributed by atoms with Gasteiger partial charge in [0.25, 0.3) is 0 Å². The van der Waals surface area contributed by atoms with Crippen LogP contribution in [-0.4, -0.2) is 23.4 Å². The average molecular weight is 480 g/mol. The summed E-state index contributed by atoms with van der Waals surface area (Å²) in [6, 6.07) is 13.6. The first-order valence-electron chi connectivity index (χ1n) is 12.8. The standard InChI is InChI=1S/C30H38FNO3/c1-3-5-6-7-8-9-10-11-12-13-14-25-15-17-26(18-16-25)23-32(29(33)30(34)35-4-2)24-27-19-21-28(31)22-20-27/h15-22H,3-12,23-24H2,1-2H3. The van der Waals surface area contributed by atoms with E-state index >= 15 is 0 Å². The number of benzene rings is 2. The smallest absolute Gasteiger partial charge is 0.397 e. The predicted molar refractivity (Wildman–Crippen MR) is 138 cm³/mol. The molecule has 4 nitrogen and oxygen atoms in total. The van der Waals surface area contributed by atoms with Crippen LogP contribution in [0.2, 0.25) is 0 Å². The molecule has 2 aromatic rings. The summed E-state index contributed by atoms with van der Waals surface area (Å²) in [5, 5.41) is 0. The van der Waals surface area contributed by atoms with E-state index in [9.17, 15) is 14.0 Å². The zero-order chi connectivity index (χ0) is 25.3. The Balaban J connectivity index is 1.88. The van der Waals surface area contributed by atoms with Crippen molar-refractivity contribution in [2.24, 2.45) is 0 Å². The van der Waals surface area contributed by atoms with Crippen LogP contribution in [-0.2, 0) is 27.4 Å². The molecule has 0 saturated heterocycles. The van der Waals surface area contributed by atoms with E-state index in [0.29, 0.717) is 0 Å². The fraction of sp³-hybridized carbons (Fsp3) is 0.467. The summed E-state index contributed by atoms with van der Waals surface area (Å²) < 4.78 is 18.1. The van der Waals surface area contributed by atoms with Crippen LogP contribution in [0.4, 0.5) is 4.39 Å².